The van der Waals surface area contributed by atoms with Crippen molar-refractivity contribution in [3.05, 3.63) is 10.6 Å². The molecule has 0 aromatic carbocycles. The van der Waals surface area contributed by atoms with Gasteiger partial charge in [-0.2, -0.15) is 4.94 Å². The molecule has 0 saturated carbocycles. The summed E-state index contributed by atoms with van der Waals surface area (Å²) in [5.41, 5.74) is 2.46. The third kappa shape index (κ3) is 8.49. The van der Waals surface area contributed by atoms with E-state index in [2.05, 4.69) is 41.8 Å². The van der Waals surface area contributed by atoms with Gasteiger partial charge in [0.2, 0.25) is 0 Å². The van der Waals surface area contributed by atoms with Crippen LogP contribution in [0.5, 0.6) is 0 Å². The Labute approximate surface area is 64.4 Å². The van der Waals surface area contributed by atoms with Gasteiger partial charge in [0, 0.05) is 0 Å². The highest BCUT2D eigenvalue weighted by molar-refractivity contribution is 6.82. The van der Waals surface area contributed by atoms with Crippen molar-refractivity contribution < 1.29 is 0 Å². The molecule has 0 radical (unpaired) electrons. The average Bonchev–Trinajstić information content (AvgIpc) is 1.59. The maximum absolute atomic E-state index is 2.46. The summed E-state index contributed by atoms with van der Waals surface area (Å²) in [7, 11) is -0.866. The van der Waals surface area contributed by atoms with Crippen LogP contribution in [0.25, 0.3) is 0 Å². The van der Waals surface area contributed by atoms with Crippen LogP contribution in [0, 0.1) is 0 Å². The maximum Gasteiger partial charge on any atom is 0.287 e. The highest BCUT2D eigenvalue weighted by Gasteiger charge is 2.07. The smallest absolute Gasteiger partial charge is 0.152 e. The second-order valence-corrected chi connectivity index (χ2v) is 11.9. The van der Waals surface area contributed by atoms with Crippen LogP contribution in [-0.2, 0) is 0 Å². The highest BCUT2D eigenvalue weighted by atomic mass is 28.3. The second kappa shape index (κ2) is 3.61. The lowest BCUT2D eigenvalue weighted by Gasteiger charge is -2.07. The fourth-order valence-electron chi connectivity index (χ4n) is 0.481. The van der Waals surface area contributed by atoms with Crippen LogP contribution in [0.15, 0.2) is 10.6 Å². The van der Waals surface area contributed by atoms with Crippen molar-refractivity contribution in [3.8, 4) is 0 Å². The Hall–Kier alpha value is 0.489. The lowest BCUT2D eigenvalue weighted by atomic mass is 11.2. The van der Waals surface area contributed by atoms with Crippen molar-refractivity contribution in [3.63, 3.8) is 0 Å². The zero-order valence-corrected chi connectivity index (χ0v) is 9.39. The molecule has 0 amide bonds. The Balaban J connectivity index is 3.71. The van der Waals surface area contributed by atoms with E-state index >= 15 is 0 Å². The van der Waals surface area contributed by atoms with E-state index in [1.54, 1.807) is 0 Å². The van der Waals surface area contributed by atoms with Crippen molar-refractivity contribution in [1.82, 2.24) is 0 Å². The highest BCUT2D eigenvalue weighted by Crippen LogP contribution is 2.01. The monoisotopic (exact) mass is 156 g/mol. The molecule has 0 aliphatic heterocycles. The van der Waals surface area contributed by atoms with Gasteiger partial charge in [-0.3, -0.25) is 0 Å². The van der Waals surface area contributed by atoms with Crippen LogP contribution in [-0.4, -0.2) is 22.2 Å². The van der Waals surface area contributed by atoms with E-state index in [0.717, 1.165) is 0 Å². The first-order valence-electron chi connectivity index (χ1n) is 3.61. The van der Waals surface area contributed by atoms with Crippen molar-refractivity contribution in [2.24, 2.45) is 0 Å². The van der Waals surface area contributed by atoms with Crippen molar-refractivity contribution >= 4 is 22.2 Å². The van der Waals surface area contributed by atoms with Gasteiger partial charge in [-0.25, -0.2) is 0 Å². The SMILES string of the molecule is [CH3][Al]([CH3])/[CH]=C/[Si](C)(C)C. The normalized spacial score (nSPS) is 12.6. The zero-order valence-electron chi connectivity index (χ0n) is 7.23. The molecule has 0 aliphatic carbocycles. The van der Waals surface area contributed by atoms with Crippen LogP contribution >= 0.6 is 0 Å². The van der Waals surface area contributed by atoms with Gasteiger partial charge < -0.3 is 0 Å². The lowest BCUT2D eigenvalue weighted by molar-refractivity contribution is 1.77. The van der Waals surface area contributed by atoms with E-state index in [-0.39, 0.29) is 0 Å². The summed E-state index contributed by atoms with van der Waals surface area (Å²) in [6.07, 6.45) is 0. The van der Waals surface area contributed by atoms with E-state index in [9.17, 15) is 0 Å². The van der Waals surface area contributed by atoms with Gasteiger partial charge in [-0.15, -0.1) is 17.3 Å². The molecule has 0 rings (SSSR count). The first-order valence-corrected chi connectivity index (χ1v) is 10.2. The summed E-state index contributed by atoms with van der Waals surface area (Å²) >= 11 is -0.416. The van der Waals surface area contributed by atoms with Crippen LogP contribution in [0.2, 0.25) is 31.2 Å². The molecule has 52 valence electrons. The summed E-state index contributed by atoms with van der Waals surface area (Å²) in [4.78, 5) is 2.45. The van der Waals surface area contributed by atoms with Crippen molar-refractivity contribution in [2.75, 3.05) is 0 Å². The minimum atomic E-state index is -0.866. The summed E-state index contributed by atoms with van der Waals surface area (Å²) in [6, 6.07) is 0. The van der Waals surface area contributed by atoms with Gasteiger partial charge in [0.1, 0.15) is 0 Å². The van der Waals surface area contributed by atoms with Crippen LogP contribution in [0.3, 0.4) is 0 Å². The number of hydrogen-bond donors (Lipinski definition) is 0. The van der Waals surface area contributed by atoms with Crippen LogP contribution in [0.1, 0.15) is 0 Å². The molecule has 0 aromatic heterocycles. The molecular formula is C7H17AlSi. The predicted octanol–water partition coefficient (Wildman–Crippen LogP) is 2.71. The maximum atomic E-state index is 2.46. The van der Waals surface area contributed by atoms with E-state index in [1.165, 1.54) is 0 Å². The first-order chi connectivity index (χ1) is 3.92. The quantitative estimate of drug-likeness (QED) is 0.539. The molecule has 0 heterocycles. The second-order valence-electron chi connectivity index (χ2n) is 3.97. The molecule has 2 heteroatoms. The first kappa shape index (κ1) is 9.49. The molecule has 0 nitrogen and oxygen atoms in total. The third-order valence-corrected chi connectivity index (χ3v) is 3.52. The number of hydrogen-bond acceptors (Lipinski definition) is 0. The molecule has 0 aliphatic rings. The fraction of sp³-hybridized carbons (Fsp3) is 0.714. The Morgan fingerprint density at radius 2 is 1.56 bits per heavy atom. The summed E-state index contributed by atoms with van der Waals surface area (Å²) in [6.45, 7) is 7.13. The Morgan fingerprint density at radius 3 is 1.67 bits per heavy atom. The lowest BCUT2D eigenvalue weighted by Crippen LogP contribution is -2.16. The van der Waals surface area contributed by atoms with E-state index in [1.807, 2.05) is 0 Å². The molecule has 0 spiro atoms. The fourth-order valence-corrected chi connectivity index (χ4v) is 4.33. The predicted molar refractivity (Wildman–Crippen MR) is 50.0 cm³/mol. The molecular weight excluding hydrogens is 139 g/mol. The van der Waals surface area contributed by atoms with E-state index < -0.39 is 22.2 Å². The Bertz CT molecular complexity index is 100.0. The van der Waals surface area contributed by atoms with E-state index in [0.29, 0.717) is 0 Å². The molecule has 0 unspecified atom stereocenters. The molecule has 0 N–H and O–H groups in total. The molecule has 0 fully saturated rings. The van der Waals surface area contributed by atoms with Crippen LogP contribution < -0.4 is 0 Å². The minimum absolute atomic E-state index is 0.416. The molecule has 0 atom stereocenters. The zero-order chi connectivity index (χ0) is 7.49. The standard InChI is InChI=1S/C5H11Si.2CH3.Al/c1-5-6(2,3)4;;;/h1,5H,2-4H3;2*1H3;. The molecule has 0 aromatic rings. The largest absolute Gasteiger partial charge is 0.287 e. The Morgan fingerprint density at radius 1 is 1.11 bits per heavy atom. The summed E-state index contributed by atoms with van der Waals surface area (Å²) in [5.74, 6) is 4.72. The van der Waals surface area contributed by atoms with E-state index in [4.69, 9.17) is 0 Å². The topological polar surface area (TPSA) is 0 Å². The number of rotatable bonds is 2. The minimum Gasteiger partial charge on any atom is -0.152 e. The van der Waals surface area contributed by atoms with Gasteiger partial charge in [0.15, 0.2) is 0 Å². The summed E-state index contributed by atoms with van der Waals surface area (Å²) in [5, 5.41) is 0. The van der Waals surface area contributed by atoms with Crippen LogP contribution in [0.4, 0.5) is 0 Å². The summed E-state index contributed by atoms with van der Waals surface area (Å²) < 4.78 is 0. The van der Waals surface area contributed by atoms with Gasteiger partial charge in [0.05, 0.1) is 8.07 Å². The van der Waals surface area contributed by atoms with Gasteiger partial charge >= 0.3 is 0 Å². The van der Waals surface area contributed by atoms with Gasteiger partial charge in [-0.1, -0.05) is 19.6 Å². The third-order valence-electron chi connectivity index (χ3n) is 0.981. The molecule has 0 bridgehead atoms. The average molecular weight is 156 g/mol. The van der Waals surface area contributed by atoms with Gasteiger partial charge in [0.25, 0.3) is 14.1 Å². The van der Waals surface area contributed by atoms with Gasteiger partial charge in [-0.05, 0) is 0 Å². The van der Waals surface area contributed by atoms with Crippen molar-refractivity contribution in [2.45, 2.75) is 31.2 Å². The molecule has 0 saturated heterocycles. The molecule has 9 heavy (non-hydrogen) atoms. The van der Waals surface area contributed by atoms with Crippen molar-refractivity contribution in [1.29, 1.82) is 0 Å². The Kier molecular flexibility index (Phi) is 3.80.